The van der Waals surface area contributed by atoms with Gasteiger partial charge in [-0.1, -0.05) is 42.5 Å². The summed E-state index contributed by atoms with van der Waals surface area (Å²) in [7, 11) is 3.90. The van der Waals surface area contributed by atoms with E-state index in [1.165, 1.54) is 12.1 Å². The van der Waals surface area contributed by atoms with E-state index in [0.717, 1.165) is 18.2 Å². The summed E-state index contributed by atoms with van der Waals surface area (Å²) >= 11 is 0. The standard InChI is InChI=1S/C21H22F3N5/c1-29(2)13-12-25-20-27-18(15-8-4-3-5-9-15)14-19(28-20)26-17-11-7-6-10-16(17)21(22,23)24/h3-11,14H,12-13H2,1-2H3,(H2,25,26,27,28). The van der Waals surface area contributed by atoms with Crippen molar-refractivity contribution in [3.63, 3.8) is 0 Å². The van der Waals surface area contributed by atoms with Gasteiger partial charge in [0.2, 0.25) is 5.95 Å². The van der Waals surface area contributed by atoms with E-state index in [1.54, 1.807) is 12.1 Å². The lowest BCUT2D eigenvalue weighted by molar-refractivity contribution is -0.136. The molecule has 0 bridgehead atoms. The first-order chi connectivity index (χ1) is 13.8. The highest BCUT2D eigenvalue weighted by atomic mass is 19.4. The fourth-order valence-electron chi connectivity index (χ4n) is 2.72. The minimum Gasteiger partial charge on any atom is -0.353 e. The van der Waals surface area contributed by atoms with Gasteiger partial charge in [-0.05, 0) is 26.2 Å². The Labute approximate surface area is 167 Å². The molecule has 2 N–H and O–H groups in total. The van der Waals surface area contributed by atoms with Gasteiger partial charge in [-0.3, -0.25) is 0 Å². The number of benzene rings is 2. The molecule has 2 aromatic carbocycles. The molecule has 3 aromatic rings. The molecule has 1 aromatic heterocycles. The molecule has 0 saturated carbocycles. The quantitative estimate of drug-likeness (QED) is 0.591. The molecular weight excluding hydrogens is 379 g/mol. The molecule has 0 amide bonds. The minimum atomic E-state index is -4.47. The Morgan fingerprint density at radius 3 is 2.31 bits per heavy atom. The van der Waals surface area contributed by atoms with Crippen LogP contribution in [0.4, 0.5) is 30.6 Å². The summed E-state index contributed by atoms with van der Waals surface area (Å²) in [4.78, 5) is 10.9. The third-order valence-electron chi connectivity index (χ3n) is 4.13. The van der Waals surface area contributed by atoms with Crippen LogP contribution in [0.2, 0.25) is 0 Å². The third kappa shape index (κ3) is 5.68. The largest absolute Gasteiger partial charge is 0.418 e. The lowest BCUT2D eigenvalue weighted by Crippen LogP contribution is -2.21. The summed E-state index contributed by atoms with van der Waals surface area (Å²) in [6, 6.07) is 16.4. The van der Waals surface area contributed by atoms with Crippen LogP contribution in [0.25, 0.3) is 11.3 Å². The van der Waals surface area contributed by atoms with Crippen molar-refractivity contribution in [1.29, 1.82) is 0 Å². The van der Waals surface area contributed by atoms with E-state index < -0.39 is 11.7 Å². The first-order valence-corrected chi connectivity index (χ1v) is 9.09. The van der Waals surface area contributed by atoms with Gasteiger partial charge in [-0.15, -0.1) is 0 Å². The van der Waals surface area contributed by atoms with E-state index in [0.29, 0.717) is 18.2 Å². The number of rotatable bonds is 7. The van der Waals surface area contributed by atoms with Gasteiger partial charge in [0.25, 0.3) is 0 Å². The summed E-state index contributed by atoms with van der Waals surface area (Å²) in [5, 5.41) is 5.94. The van der Waals surface area contributed by atoms with Crippen molar-refractivity contribution in [3.05, 3.63) is 66.2 Å². The lowest BCUT2D eigenvalue weighted by atomic mass is 10.1. The molecule has 0 unspecified atom stereocenters. The predicted octanol–water partition coefficient (Wildman–Crippen LogP) is 4.88. The number of hydrogen-bond acceptors (Lipinski definition) is 5. The Hall–Kier alpha value is -3.13. The number of alkyl halides is 3. The van der Waals surface area contributed by atoms with Crippen LogP contribution in [0.1, 0.15) is 5.56 Å². The fourth-order valence-corrected chi connectivity index (χ4v) is 2.72. The molecule has 0 spiro atoms. The van der Waals surface area contributed by atoms with Crippen molar-refractivity contribution in [2.24, 2.45) is 0 Å². The summed E-state index contributed by atoms with van der Waals surface area (Å²) in [5.41, 5.74) is 0.650. The fraction of sp³-hybridized carbons (Fsp3) is 0.238. The van der Waals surface area contributed by atoms with Crippen LogP contribution in [-0.2, 0) is 6.18 Å². The molecule has 0 radical (unpaired) electrons. The van der Waals surface area contributed by atoms with Gasteiger partial charge in [-0.2, -0.15) is 18.2 Å². The van der Waals surface area contributed by atoms with Crippen molar-refractivity contribution in [1.82, 2.24) is 14.9 Å². The molecule has 0 aliphatic heterocycles. The molecule has 5 nitrogen and oxygen atoms in total. The molecule has 152 valence electrons. The van der Waals surface area contributed by atoms with E-state index in [-0.39, 0.29) is 11.5 Å². The van der Waals surface area contributed by atoms with E-state index in [9.17, 15) is 13.2 Å². The summed E-state index contributed by atoms with van der Waals surface area (Å²) in [5.74, 6) is 0.628. The molecule has 0 aliphatic carbocycles. The monoisotopic (exact) mass is 401 g/mol. The molecule has 0 saturated heterocycles. The van der Waals surface area contributed by atoms with Crippen molar-refractivity contribution in [2.75, 3.05) is 37.8 Å². The van der Waals surface area contributed by atoms with Crippen LogP contribution in [0, 0.1) is 0 Å². The van der Waals surface area contributed by atoms with Gasteiger partial charge in [0.1, 0.15) is 5.82 Å². The highest BCUT2D eigenvalue weighted by Gasteiger charge is 2.33. The van der Waals surface area contributed by atoms with Crippen LogP contribution in [-0.4, -0.2) is 42.1 Å². The van der Waals surface area contributed by atoms with E-state index >= 15 is 0 Å². The summed E-state index contributed by atoms with van der Waals surface area (Å²) in [6.45, 7) is 1.36. The number of likely N-dealkylation sites (N-methyl/N-ethyl adjacent to an activating group) is 1. The van der Waals surface area contributed by atoms with Gasteiger partial charge >= 0.3 is 6.18 Å². The Bertz CT molecular complexity index is 943. The van der Waals surface area contributed by atoms with Crippen LogP contribution < -0.4 is 10.6 Å². The Morgan fingerprint density at radius 1 is 0.931 bits per heavy atom. The second kappa shape index (κ2) is 8.91. The van der Waals surface area contributed by atoms with Gasteiger partial charge in [-0.25, -0.2) is 4.98 Å². The van der Waals surface area contributed by atoms with Crippen LogP contribution >= 0.6 is 0 Å². The van der Waals surface area contributed by atoms with Crippen molar-refractivity contribution < 1.29 is 13.2 Å². The Balaban J connectivity index is 1.95. The van der Waals surface area contributed by atoms with Crippen molar-refractivity contribution >= 4 is 17.5 Å². The van der Waals surface area contributed by atoms with Crippen molar-refractivity contribution in [3.8, 4) is 11.3 Å². The maximum absolute atomic E-state index is 13.3. The van der Waals surface area contributed by atoms with E-state index in [1.807, 2.05) is 49.3 Å². The number of halogens is 3. The van der Waals surface area contributed by atoms with Gasteiger partial charge < -0.3 is 15.5 Å². The Morgan fingerprint density at radius 2 is 1.62 bits per heavy atom. The van der Waals surface area contributed by atoms with Crippen molar-refractivity contribution in [2.45, 2.75) is 6.18 Å². The third-order valence-corrected chi connectivity index (χ3v) is 4.13. The minimum absolute atomic E-state index is 0.0584. The lowest BCUT2D eigenvalue weighted by Gasteiger charge is -2.16. The first kappa shape index (κ1) is 20.6. The van der Waals surface area contributed by atoms with Crippen LogP contribution in [0.3, 0.4) is 0 Å². The molecule has 8 heteroatoms. The van der Waals surface area contributed by atoms with Gasteiger partial charge in [0, 0.05) is 24.7 Å². The first-order valence-electron chi connectivity index (χ1n) is 9.09. The molecule has 29 heavy (non-hydrogen) atoms. The highest BCUT2D eigenvalue weighted by molar-refractivity contribution is 5.68. The zero-order chi connectivity index (χ0) is 20.9. The molecule has 1 heterocycles. The zero-order valence-electron chi connectivity index (χ0n) is 16.2. The molecule has 3 rings (SSSR count). The molecular formula is C21H22F3N5. The van der Waals surface area contributed by atoms with Crippen LogP contribution in [0.15, 0.2) is 60.7 Å². The predicted molar refractivity (Wildman–Crippen MR) is 109 cm³/mol. The van der Waals surface area contributed by atoms with Gasteiger partial charge in [0.05, 0.1) is 16.9 Å². The maximum Gasteiger partial charge on any atom is 0.418 e. The van der Waals surface area contributed by atoms with Crippen LogP contribution in [0.5, 0.6) is 0 Å². The number of anilines is 3. The summed E-state index contributed by atoms with van der Waals surface area (Å²) in [6.07, 6.45) is -4.47. The SMILES string of the molecule is CN(C)CCNc1nc(Nc2ccccc2C(F)(F)F)cc(-c2ccccc2)n1. The van der Waals surface area contributed by atoms with E-state index in [2.05, 4.69) is 20.6 Å². The average molecular weight is 401 g/mol. The maximum atomic E-state index is 13.3. The topological polar surface area (TPSA) is 53.1 Å². The summed E-state index contributed by atoms with van der Waals surface area (Å²) < 4.78 is 40.0. The smallest absolute Gasteiger partial charge is 0.353 e. The number of para-hydroxylation sites is 1. The average Bonchev–Trinajstić information content (AvgIpc) is 2.68. The number of nitrogens with zero attached hydrogens (tertiary/aromatic N) is 3. The number of nitrogens with one attached hydrogen (secondary N) is 2. The highest BCUT2D eigenvalue weighted by Crippen LogP contribution is 2.36. The normalized spacial score (nSPS) is 11.5. The second-order valence-electron chi connectivity index (χ2n) is 6.73. The number of hydrogen-bond donors (Lipinski definition) is 2. The molecule has 0 fully saturated rings. The molecule has 0 atom stereocenters. The second-order valence-corrected chi connectivity index (χ2v) is 6.73. The van der Waals surface area contributed by atoms with E-state index in [4.69, 9.17) is 0 Å². The van der Waals surface area contributed by atoms with Gasteiger partial charge in [0.15, 0.2) is 0 Å². The zero-order valence-corrected chi connectivity index (χ0v) is 16.2. The number of aromatic nitrogens is 2. The Kier molecular flexibility index (Phi) is 6.33. The molecule has 0 aliphatic rings.